The van der Waals surface area contributed by atoms with Crippen molar-refractivity contribution < 1.29 is 17.9 Å². The van der Waals surface area contributed by atoms with Crippen molar-refractivity contribution in [3.05, 3.63) is 29.5 Å². The van der Waals surface area contributed by atoms with Gasteiger partial charge in [0.25, 0.3) is 0 Å². The molecule has 0 radical (unpaired) electrons. The fourth-order valence-electron chi connectivity index (χ4n) is 2.65. The second kappa shape index (κ2) is 7.29. The van der Waals surface area contributed by atoms with Gasteiger partial charge < -0.3 is 26.1 Å². The number of anilines is 4. The number of aromatic nitrogens is 2. The summed E-state index contributed by atoms with van der Waals surface area (Å²) in [4.78, 5) is 7.77. The molecule has 1 aliphatic rings. The van der Waals surface area contributed by atoms with Gasteiger partial charge in [-0.25, -0.2) is 4.98 Å². The summed E-state index contributed by atoms with van der Waals surface area (Å²) in [6, 6.07) is 3.15. The highest BCUT2D eigenvalue weighted by atomic mass is 19.4. The van der Waals surface area contributed by atoms with E-state index in [1.54, 1.807) is 26.0 Å². The molecule has 1 aliphatic heterocycles. The first kappa shape index (κ1) is 18.7. The van der Waals surface area contributed by atoms with Crippen LogP contribution in [0.25, 0.3) is 0 Å². The minimum absolute atomic E-state index is 0.00840. The minimum Gasteiger partial charge on any atom is -0.490 e. The number of nitrogens with one attached hydrogen (secondary N) is 4. The van der Waals surface area contributed by atoms with Crippen LogP contribution in [0.3, 0.4) is 0 Å². The smallest absolute Gasteiger partial charge is 0.421 e. The third-order valence-corrected chi connectivity index (χ3v) is 3.78. The van der Waals surface area contributed by atoms with Crippen LogP contribution in [-0.4, -0.2) is 35.4 Å². The molecule has 0 saturated carbocycles. The summed E-state index contributed by atoms with van der Waals surface area (Å²) in [6.07, 6.45) is -2.69. The lowest BCUT2D eigenvalue weighted by molar-refractivity contribution is -0.137. The SMILES string of the molecule is CC(C)Nc1nc(Nc2ccc3c(c2C=N)NCCO3)ncc1C(F)(F)F. The first-order valence-corrected chi connectivity index (χ1v) is 8.31. The zero-order valence-electron chi connectivity index (χ0n) is 14.7. The van der Waals surface area contributed by atoms with Crippen molar-refractivity contribution in [3.8, 4) is 5.75 Å². The molecule has 0 unspecified atom stereocenters. The van der Waals surface area contributed by atoms with Crippen LogP contribution < -0.4 is 20.7 Å². The summed E-state index contributed by atoms with van der Waals surface area (Å²) in [5, 5.41) is 16.4. The first-order chi connectivity index (χ1) is 12.8. The molecular formula is C17H19F3N6O. The Bertz CT molecular complexity index is 853. The van der Waals surface area contributed by atoms with Gasteiger partial charge >= 0.3 is 6.18 Å². The number of benzene rings is 1. The molecule has 10 heteroatoms. The number of rotatable bonds is 5. The Hall–Kier alpha value is -3.04. The maximum Gasteiger partial charge on any atom is 0.421 e. The van der Waals surface area contributed by atoms with Gasteiger partial charge in [-0.15, -0.1) is 0 Å². The normalized spacial score (nSPS) is 13.4. The standard InChI is InChI=1S/C17H19F3N6O/c1-9(2)24-15-11(17(18,19)20)8-23-16(26-15)25-12-3-4-13-14(10(12)7-21)22-5-6-27-13/h3-4,7-9,21-22H,5-6H2,1-2H3,(H2,23,24,25,26). The average molecular weight is 380 g/mol. The largest absolute Gasteiger partial charge is 0.490 e. The van der Waals surface area contributed by atoms with Gasteiger partial charge in [-0.3, -0.25) is 0 Å². The van der Waals surface area contributed by atoms with E-state index < -0.39 is 11.7 Å². The molecule has 0 saturated heterocycles. The summed E-state index contributed by atoms with van der Waals surface area (Å²) in [6.45, 7) is 4.55. The second-order valence-corrected chi connectivity index (χ2v) is 6.20. The molecule has 7 nitrogen and oxygen atoms in total. The Balaban J connectivity index is 1.97. The average Bonchev–Trinajstić information content (AvgIpc) is 2.60. The van der Waals surface area contributed by atoms with Gasteiger partial charge in [0.05, 0.1) is 11.4 Å². The van der Waals surface area contributed by atoms with Crippen LogP contribution in [-0.2, 0) is 6.18 Å². The zero-order chi connectivity index (χ0) is 19.6. The van der Waals surface area contributed by atoms with Crippen LogP contribution in [0, 0.1) is 5.41 Å². The van der Waals surface area contributed by atoms with Gasteiger partial charge in [0.1, 0.15) is 23.7 Å². The minimum atomic E-state index is -4.57. The van der Waals surface area contributed by atoms with E-state index >= 15 is 0 Å². The second-order valence-electron chi connectivity index (χ2n) is 6.20. The number of fused-ring (bicyclic) bond motifs is 1. The molecule has 0 amide bonds. The third kappa shape index (κ3) is 4.04. The lowest BCUT2D eigenvalue weighted by Gasteiger charge is -2.23. The van der Waals surface area contributed by atoms with Crippen molar-refractivity contribution in [3.63, 3.8) is 0 Å². The monoisotopic (exact) mass is 380 g/mol. The van der Waals surface area contributed by atoms with E-state index in [1.807, 2.05) is 0 Å². The predicted octanol–water partition coefficient (Wildman–Crippen LogP) is 3.86. The van der Waals surface area contributed by atoms with Gasteiger partial charge in [-0.1, -0.05) is 0 Å². The summed E-state index contributed by atoms with van der Waals surface area (Å²) >= 11 is 0. The highest BCUT2D eigenvalue weighted by Gasteiger charge is 2.35. The van der Waals surface area contributed by atoms with Crippen LogP contribution in [0.2, 0.25) is 0 Å². The maximum atomic E-state index is 13.2. The Kier molecular flexibility index (Phi) is 5.06. The summed E-state index contributed by atoms with van der Waals surface area (Å²) < 4.78 is 45.0. The van der Waals surface area contributed by atoms with Crippen LogP contribution in [0.15, 0.2) is 18.3 Å². The van der Waals surface area contributed by atoms with Crippen LogP contribution in [0.1, 0.15) is 25.0 Å². The van der Waals surface area contributed by atoms with Gasteiger partial charge in [0, 0.05) is 30.6 Å². The number of alkyl halides is 3. The van der Waals surface area contributed by atoms with E-state index in [1.165, 1.54) is 0 Å². The van der Waals surface area contributed by atoms with E-state index in [0.29, 0.717) is 35.8 Å². The molecular weight excluding hydrogens is 361 g/mol. The maximum absolute atomic E-state index is 13.2. The molecule has 144 valence electrons. The molecule has 2 heterocycles. The third-order valence-electron chi connectivity index (χ3n) is 3.78. The van der Waals surface area contributed by atoms with Gasteiger partial charge in [-0.2, -0.15) is 18.2 Å². The fourth-order valence-corrected chi connectivity index (χ4v) is 2.65. The number of ether oxygens (including phenoxy) is 1. The number of halogens is 3. The lowest BCUT2D eigenvalue weighted by atomic mass is 10.1. The Morgan fingerprint density at radius 1 is 1.33 bits per heavy atom. The first-order valence-electron chi connectivity index (χ1n) is 8.31. The highest BCUT2D eigenvalue weighted by molar-refractivity contribution is 5.96. The fraction of sp³-hybridized carbons (Fsp3) is 0.353. The molecule has 0 aliphatic carbocycles. The molecule has 27 heavy (non-hydrogen) atoms. The number of hydrogen-bond acceptors (Lipinski definition) is 7. The van der Waals surface area contributed by atoms with Crippen molar-refractivity contribution in [2.45, 2.75) is 26.1 Å². The molecule has 0 bridgehead atoms. The molecule has 4 N–H and O–H groups in total. The molecule has 3 rings (SSSR count). The predicted molar refractivity (Wildman–Crippen MR) is 97.4 cm³/mol. The van der Waals surface area contributed by atoms with Crippen molar-refractivity contribution in [2.24, 2.45) is 0 Å². The molecule has 0 atom stereocenters. The quantitative estimate of drug-likeness (QED) is 0.589. The molecule has 0 fully saturated rings. The van der Waals surface area contributed by atoms with Crippen LogP contribution >= 0.6 is 0 Å². The topological polar surface area (TPSA) is 95.0 Å². The highest BCUT2D eigenvalue weighted by Crippen LogP contribution is 2.37. The van der Waals surface area contributed by atoms with Gasteiger partial charge in [-0.05, 0) is 26.0 Å². The zero-order valence-corrected chi connectivity index (χ0v) is 14.7. The Morgan fingerprint density at radius 2 is 2.11 bits per heavy atom. The van der Waals surface area contributed by atoms with Crippen LogP contribution in [0.5, 0.6) is 5.75 Å². The van der Waals surface area contributed by atoms with Gasteiger partial charge in [0.2, 0.25) is 5.95 Å². The van der Waals surface area contributed by atoms with E-state index in [-0.39, 0.29) is 17.8 Å². The molecule has 1 aromatic heterocycles. The van der Waals surface area contributed by atoms with E-state index in [4.69, 9.17) is 10.1 Å². The Labute approximate surface area is 153 Å². The molecule has 1 aromatic carbocycles. The summed E-state index contributed by atoms with van der Waals surface area (Å²) in [7, 11) is 0. The molecule has 0 spiro atoms. The Morgan fingerprint density at radius 3 is 2.78 bits per heavy atom. The van der Waals surface area contributed by atoms with Crippen molar-refractivity contribution in [1.82, 2.24) is 9.97 Å². The van der Waals surface area contributed by atoms with Crippen LogP contribution in [0.4, 0.5) is 36.3 Å². The van der Waals surface area contributed by atoms with E-state index in [2.05, 4.69) is 25.9 Å². The number of hydrogen-bond donors (Lipinski definition) is 4. The number of nitrogens with zero attached hydrogens (tertiary/aromatic N) is 2. The summed E-state index contributed by atoms with van der Waals surface area (Å²) in [5.41, 5.74) is 0.703. The summed E-state index contributed by atoms with van der Waals surface area (Å²) in [5.74, 6) is 0.303. The molecule has 2 aromatic rings. The lowest BCUT2D eigenvalue weighted by Crippen LogP contribution is -2.20. The van der Waals surface area contributed by atoms with Crippen molar-refractivity contribution >= 4 is 29.4 Å². The van der Waals surface area contributed by atoms with Crippen molar-refractivity contribution in [2.75, 3.05) is 29.1 Å². The van der Waals surface area contributed by atoms with E-state index in [9.17, 15) is 13.2 Å². The van der Waals surface area contributed by atoms with E-state index in [0.717, 1.165) is 12.4 Å². The van der Waals surface area contributed by atoms with Crippen molar-refractivity contribution in [1.29, 1.82) is 5.41 Å². The van der Waals surface area contributed by atoms with Gasteiger partial charge in [0.15, 0.2) is 0 Å².